The number of ether oxygens (including phenoxy) is 1. The summed E-state index contributed by atoms with van der Waals surface area (Å²) in [5, 5.41) is 24.5. The highest BCUT2D eigenvalue weighted by Gasteiger charge is 2.70. The van der Waals surface area contributed by atoms with Crippen molar-refractivity contribution in [1.29, 1.82) is 0 Å². The molecule has 2 saturated carbocycles. The molecule has 4 aliphatic rings. The van der Waals surface area contributed by atoms with E-state index in [0.717, 1.165) is 16.2 Å². The Morgan fingerprint density at radius 1 is 1.04 bits per heavy atom. The highest BCUT2D eigenvalue weighted by atomic mass is 35.5. The lowest BCUT2D eigenvalue weighted by Crippen LogP contribution is -2.42. The number of phenolic OH excluding ortho intramolecular Hbond substituents is 1. The maximum absolute atomic E-state index is 14.0. The highest BCUT2D eigenvalue weighted by molar-refractivity contribution is 8.00. The number of non-ortho nitro benzene ring substituents is 1. The first kappa shape index (κ1) is 30.7. The molecule has 12 nitrogen and oxygen atoms in total. The van der Waals surface area contributed by atoms with Crippen molar-refractivity contribution >= 4 is 69.5 Å². The predicted octanol–water partition coefficient (Wildman–Crippen LogP) is 5.40. The van der Waals surface area contributed by atoms with Crippen LogP contribution in [0.2, 0.25) is 5.02 Å². The summed E-state index contributed by atoms with van der Waals surface area (Å²) in [7, 11) is 0. The van der Waals surface area contributed by atoms with Gasteiger partial charge in [0.15, 0.2) is 6.61 Å². The van der Waals surface area contributed by atoms with Crippen molar-refractivity contribution in [3.8, 4) is 11.5 Å². The van der Waals surface area contributed by atoms with Gasteiger partial charge in [-0.25, -0.2) is 0 Å². The van der Waals surface area contributed by atoms with Gasteiger partial charge >= 0.3 is 4.87 Å². The first-order valence-electron chi connectivity index (χ1n) is 15.1. The molecule has 1 aromatic heterocycles. The predicted molar refractivity (Wildman–Crippen MR) is 178 cm³/mol. The molecule has 15 heteroatoms. The first-order valence-corrected chi connectivity index (χ1v) is 17.2. The number of aromatic nitrogens is 1. The maximum Gasteiger partial charge on any atom is 0.305 e. The molecule has 3 fully saturated rings. The summed E-state index contributed by atoms with van der Waals surface area (Å²) in [6.07, 6.45) is 0.657. The smallest absolute Gasteiger partial charge is 0.305 e. The average Bonchev–Trinajstić information content (AvgIpc) is 3.80. The molecule has 7 atom stereocenters. The molecular formula is C33H25ClN4O8S2. The molecule has 0 unspecified atom stereocenters. The second-order valence-corrected chi connectivity index (χ2v) is 15.0. The number of aromatic amines is 1. The molecule has 2 aliphatic carbocycles. The summed E-state index contributed by atoms with van der Waals surface area (Å²) in [5.41, 5.74) is 1.33. The van der Waals surface area contributed by atoms with E-state index in [0.29, 0.717) is 39.2 Å². The Morgan fingerprint density at radius 2 is 1.75 bits per heavy atom. The van der Waals surface area contributed by atoms with Crippen molar-refractivity contribution < 1.29 is 29.2 Å². The van der Waals surface area contributed by atoms with Crippen LogP contribution in [0.25, 0.3) is 0 Å². The second-order valence-electron chi connectivity index (χ2n) is 12.3. The molecule has 2 bridgehead atoms. The summed E-state index contributed by atoms with van der Waals surface area (Å²) in [5.74, 6) is -2.61. The van der Waals surface area contributed by atoms with Crippen LogP contribution in [0, 0.1) is 39.7 Å². The third kappa shape index (κ3) is 4.89. The second kappa shape index (κ2) is 11.5. The number of nitrogens with one attached hydrogen (secondary N) is 2. The first-order chi connectivity index (χ1) is 23.1. The number of fused-ring (bicyclic) bond motifs is 9. The summed E-state index contributed by atoms with van der Waals surface area (Å²) in [6.45, 7) is -0.324. The summed E-state index contributed by atoms with van der Waals surface area (Å²) < 4.78 is 6.09. The van der Waals surface area contributed by atoms with Crippen LogP contribution in [-0.2, 0) is 14.4 Å². The van der Waals surface area contributed by atoms with Gasteiger partial charge in [0.1, 0.15) is 11.5 Å². The fourth-order valence-corrected chi connectivity index (χ4v) is 11.2. The van der Waals surface area contributed by atoms with Crippen molar-refractivity contribution in [1.82, 2.24) is 4.98 Å². The normalized spacial score (nSPS) is 26.6. The molecule has 4 aromatic rings. The zero-order chi connectivity index (χ0) is 33.4. The number of carbonyl (C=O) groups is 3. The molecule has 2 aliphatic heterocycles. The molecule has 8 rings (SSSR count). The van der Waals surface area contributed by atoms with Gasteiger partial charge in [-0.05, 0) is 78.8 Å². The van der Waals surface area contributed by atoms with Gasteiger partial charge in [0.05, 0.1) is 27.5 Å². The summed E-state index contributed by atoms with van der Waals surface area (Å²) >= 11 is 9.18. The number of benzene rings is 3. The lowest BCUT2D eigenvalue weighted by molar-refractivity contribution is -0.384. The van der Waals surface area contributed by atoms with Gasteiger partial charge in [0.2, 0.25) is 11.8 Å². The van der Waals surface area contributed by atoms with Crippen molar-refractivity contribution in [2.24, 2.45) is 29.6 Å². The molecule has 3 aromatic carbocycles. The minimum atomic E-state index is -0.584. The fraction of sp³-hybridized carbons (Fsp3) is 0.273. The molecule has 3 amide bonds. The molecular weight excluding hydrogens is 680 g/mol. The zero-order valence-electron chi connectivity index (χ0n) is 24.7. The monoisotopic (exact) mass is 704 g/mol. The zero-order valence-corrected chi connectivity index (χ0v) is 27.1. The third-order valence-electron chi connectivity index (χ3n) is 9.86. The third-order valence-corrected chi connectivity index (χ3v) is 12.7. The van der Waals surface area contributed by atoms with Gasteiger partial charge in [-0.3, -0.25) is 34.2 Å². The number of halogens is 1. The van der Waals surface area contributed by atoms with E-state index in [9.17, 15) is 34.4 Å². The minimum Gasteiger partial charge on any atom is -0.508 e. The largest absolute Gasteiger partial charge is 0.508 e. The van der Waals surface area contributed by atoms with E-state index in [4.69, 9.17) is 16.3 Å². The standard InChI is InChI=1S/C33H25ClN4O8S2/c34-14-1-10-22(46-13-23(40)35-15-2-8-18(39)9-3-15)19(11-14)24-25-20-12-21(28(25)47-30-29(24)48-33(43)36-30)27-26(20)31(41)37(32(27)42)16-4-6-17(7-5-16)38(44)45/h1-11,20-21,24-28,39H,12-13H2,(H,35,40)(H,36,43)/t20-,21-,24+,25-,26+,27+,28-/m1/s1. The van der Waals surface area contributed by atoms with Crippen molar-refractivity contribution in [2.75, 3.05) is 16.8 Å². The number of carbonyl (C=O) groups excluding carboxylic acids is 3. The van der Waals surface area contributed by atoms with E-state index in [1.54, 1.807) is 30.3 Å². The average molecular weight is 705 g/mol. The van der Waals surface area contributed by atoms with Crippen LogP contribution in [0.1, 0.15) is 22.8 Å². The van der Waals surface area contributed by atoms with Gasteiger partial charge in [-0.2, -0.15) is 0 Å². The van der Waals surface area contributed by atoms with Gasteiger partial charge in [0, 0.05) is 44.5 Å². The van der Waals surface area contributed by atoms with Crippen LogP contribution in [0.4, 0.5) is 17.1 Å². The summed E-state index contributed by atoms with van der Waals surface area (Å²) in [6, 6.07) is 16.6. The Balaban J connectivity index is 1.13. The number of thioether (sulfide) groups is 1. The molecule has 0 spiro atoms. The number of aromatic hydroxyl groups is 1. The van der Waals surface area contributed by atoms with Crippen molar-refractivity contribution in [3.63, 3.8) is 0 Å². The number of nitrogens with zero attached hydrogens (tertiary/aromatic N) is 2. The Bertz CT molecular complexity index is 2070. The Hall–Kier alpha value is -4.66. The number of rotatable bonds is 7. The van der Waals surface area contributed by atoms with Crippen LogP contribution in [0.5, 0.6) is 11.5 Å². The molecule has 1 saturated heterocycles. The Labute approximate surface area is 285 Å². The van der Waals surface area contributed by atoms with Gasteiger partial charge < -0.3 is 20.1 Å². The Kier molecular flexibility index (Phi) is 7.34. The number of imide groups is 1. The lowest BCUT2D eigenvalue weighted by Gasteiger charge is -2.43. The number of hydrogen-bond donors (Lipinski definition) is 3. The maximum atomic E-state index is 14.0. The van der Waals surface area contributed by atoms with E-state index in [1.165, 1.54) is 53.1 Å². The Morgan fingerprint density at radius 3 is 2.46 bits per heavy atom. The number of nitro groups is 1. The van der Waals surface area contributed by atoms with Crippen LogP contribution in [0.3, 0.4) is 0 Å². The number of anilines is 2. The number of thiazole rings is 1. The van der Waals surface area contributed by atoms with Crippen LogP contribution in [-0.4, -0.2) is 44.6 Å². The number of hydrogen-bond acceptors (Lipinski definition) is 10. The molecule has 48 heavy (non-hydrogen) atoms. The van der Waals surface area contributed by atoms with Gasteiger partial charge in [-0.1, -0.05) is 22.9 Å². The SMILES string of the molecule is O=C(COc1ccc(Cl)cc1[C@@H]1c2sc(=O)[nH]c2S[C@@H]2[C@@H]3C[C@@H]([C@@H]4C(=O)N(c5ccc([N+](=O)[O-])cc5)C(=O)[C@@H]34)[C@H]12)Nc1ccc(O)cc1. The number of H-pyrrole nitrogens is 1. The van der Waals surface area contributed by atoms with Gasteiger partial charge in [-0.15, -0.1) is 11.8 Å². The van der Waals surface area contributed by atoms with Gasteiger partial charge in [0.25, 0.3) is 11.6 Å². The lowest BCUT2D eigenvalue weighted by atomic mass is 9.68. The quantitative estimate of drug-likeness (QED) is 0.0986. The van der Waals surface area contributed by atoms with Crippen molar-refractivity contribution in [3.05, 3.63) is 102 Å². The number of nitro benzene ring substituents is 1. The van der Waals surface area contributed by atoms with Crippen LogP contribution >= 0.6 is 34.7 Å². The topological polar surface area (TPSA) is 172 Å². The fourth-order valence-electron chi connectivity index (χ4n) is 8.12. The number of amides is 3. The molecule has 3 heterocycles. The molecule has 244 valence electrons. The molecule has 3 N–H and O–H groups in total. The van der Waals surface area contributed by atoms with E-state index < -0.39 is 28.6 Å². The molecule has 0 radical (unpaired) electrons. The highest BCUT2D eigenvalue weighted by Crippen LogP contribution is 2.69. The minimum absolute atomic E-state index is 0.0695. The van der Waals surface area contributed by atoms with Crippen molar-refractivity contribution in [2.45, 2.75) is 22.6 Å². The van der Waals surface area contributed by atoms with E-state index in [1.807, 2.05) is 0 Å². The van der Waals surface area contributed by atoms with Crippen LogP contribution in [0.15, 0.2) is 76.6 Å². The van der Waals surface area contributed by atoms with E-state index in [-0.39, 0.29) is 57.7 Å². The van der Waals surface area contributed by atoms with Crippen LogP contribution < -0.4 is 19.8 Å². The van der Waals surface area contributed by atoms with E-state index >= 15 is 0 Å². The number of phenols is 1. The van der Waals surface area contributed by atoms with E-state index in [2.05, 4.69) is 10.3 Å². The summed E-state index contributed by atoms with van der Waals surface area (Å²) in [4.78, 5) is 68.9.